The Hall–Kier alpha value is -2.15. The van der Waals surface area contributed by atoms with Gasteiger partial charge in [0, 0.05) is 13.1 Å². The number of aliphatic hydroxyl groups is 1. The minimum atomic E-state index is -4.46. The van der Waals surface area contributed by atoms with Crippen molar-refractivity contribution >= 4 is 5.82 Å². The molecule has 1 saturated heterocycles. The van der Waals surface area contributed by atoms with Crippen molar-refractivity contribution in [2.75, 3.05) is 18.0 Å². The van der Waals surface area contributed by atoms with Gasteiger partial charge in [-0.05, 0) is 54.5 Å². The molecule has 138 valence electrons. The molecule has 1 aromatic carbocycles. The van der Waals surface area contributed by atoms with Gasteiger partial charge in [-0.3, -0.25) is 0 Å². The average Bonchev–Trinajstić information content (AvgIpc) is 3.10. The van der Waals surface area contributed by atoms with Gasteiger partial charge < -0.3 is 10.0 Å². The van der Waals surface area contributed by atoms with Gasteiger partial charge in [-0.25, -0.2) is 9.37 Å². The average molecular weight is 366 g/mol. The molecule has 2 aromatic rings. The fourth-order valence-electron chi connectivity index (χ4n) is 4.29. The maximum Gasteiger partial charge on any atom is 0.433 e. The first-order valence-corrected chi connectivity index (χ1v) is 8.52. The van der Waals surface area contributed by atoms with Crippen molar-refractivity contribution in [2.24, 2.45) is 11.8 Å². The predicted molar refractivity (Wildman–Crippen MR) is 88.0 cm³/mol. The van der Waals surface area contributed by atoms with Crippen LogP contribution in [-0.2, 0) is 11.8 Å². The molecule has 3 nitrogen and oxygen atoms in total. The molecule has 26 heavy (non-hydrogen) atoms. The van der Waals surface area contributed by atoms with Crippen molar-refractivity contribution in [1.29, 1.82) is 0 Å². The molecule has 2 fully saturated rings. The topological polar surface area (TPSA) is 36.4 Å². The van der Waals surface area contributed by atoms with Crippen LogP contribution in [0.4, 0.5) is 23.4 Å². The second-order valence-corrected chi connectivity index (χ2v) is 7.25. The molecular formula is C19H18F4N2O. The number of aromatic nitrogens is 1. The zero-order valence-corrected chi connectivity index (χ0v) is 13.9. The van der Waals surface area contributed by atoms with Gasteiger partial charge in [0.05, 0.1) is 5.60 Å². The second kappa shape index (κ2) is 5.94. The van der Waals surface area contributed by atoms with Crippen molar-refractivity contribution in [1.82, 2.24) is 4.98 Å². The lowest BCUT2D eigenvalue weighted by Gasteiger charge is -2.27. The molecule has 1 aromatic heterocycles. The first-order chi connectivity index (χ1) is 12.2. The highest BCUT2D eigenvalue weighted by molar-refractivity contribution is 5.42. The number of rotatable bonds is 2. The Balaban J connectivity index is 1.49. The van der Waals surface area contributed by atoms with E-state index in [-0.39, 0.29) is 17.7 Å². The van der Waals surface area contributed by atoms with E-state index >= 15 is 0 Å². The number of halogens is 4. The van der Waals surface area contributed by atoms with Crippen LogP contribution in [0.2, 0.25) is 0 Å². The molecule has 1 aliphatic carbocycles. The van der Waals surface area contributed by atoms with E-state index < -0.39 is 17.5 Å². The summed E-state index contributed by atoms with van der Waals surface area (Å²) in [5.74, 6) is 0.305. The van der Waals surface area contributed by atoms with Gasteiger partial charge >= 0.3 is 6.18 Å². The molecule has 7 heteroatoms. The molecule has 1 aliphatic heterocycles. The van der Waals surface area contributed by atoms with Crippen LogP contribution in [0.25, 0.3) is 0 Å². The van der Waals surface area contributed by atoms with Crippen LogP contribution < -0.4 is 4.90 Å². The lowest BCUT2D eigenvalue weighted by Crippen LogP contribution is -2.28. The van der Waals surface area contributed by atoms with E-state index in [0.29, 0.717) is 37.3 Å². The highest BCUT2D eigenvalue weighted by Crippen LogP contribution is 2.49. The van der Waals surface area contributed by atoms with Crippen molar-refractivity contribution in [3.63, 3.8) is 0 Å². The molecule has 0 spiro atoms. The van der Waals surface area contributed by atoms with Gasteiger partial charge in [-0.15, -0.1) is 0 Å². The largest absolute Gasteiger partial charge is 0.433 e. The normalized spacial score (nSPS) is 28.4. The fourth-order valence-corrected chi connectivity index (χ4v) is 4.29. The van der Waals surface area contributed by atoms with Crippen LogP contribution in [-0.4, -0.2) is 23.2 Å². The molecule has 2 heterocycles. The Morgan fingerprint density at radius 1 is 1.00 bits per heavy atom. The Kier molecular flexibility index (Phi) is 3.95. The highest BCUT2D eigenvalue weighted by atomic mass is 19.4. The molecule has 0 amide bonds. The Morgan fingerprint density at radius 3 is 2.19 bits per heavy atom. The van der Waals surface area contributed by atoms with E-state index in [4.69, 9.17) is 0 Å². The number of alkyl halides is 3. The number of hydrogen-bond donors (Lipinski definition) is 1. The molecule has 0 bridgehead atoms. The van der Waals surface area contributed by atoms with Crippen LogP contribution in [0.15, 0.2) is 42.5 Å². The molecule has 4 rings (SSSR count). The minimum Gasteiger partial charge on any atom is -0.385 e. The van der Waals surface area contributed by atoms with Gasteiger partial charge in [0.2, 0.25) is 0 Å². The third-order valence-electron chi connectivity index (χ3n) is 5.51. The first-order valence-electron chi connectivity index (χ1n) is 8.52. The fraction of sp³-hybridized carbons (Fsp3) is 0.421. The maximum absolute atomic E-state index is 13.1. The summed E-state index contributed by atoms with van der Waals surface area (Å²) in [4.78, 5) is 5.61. The van der Waals surface area contributed by atoms with Gasteiger partial charge in [0.25, 0.3) is 0 Å². The van der Waals surface area contributed by atoms with Crippen LogP contribution in [0.3, 0.4) is 0 Å². The summed E-state index contributed by atoms with van der Waals surface area (Å²) in [6.07, 6.45) is -3.44. The molecular weight excluding hydrogens is 348 g/mol. The Bertz CT molecular complexity index is 792. The summed E-state index contributed by atoms with van der Waals surface area (Å²) >= 11 is 0. The summed E-state index contributed by atoms with van der Waals surface area (Å²) in [5.41, 5.74) is -1.21. The monoisotopic (exact) mass is 366 g/mol. The van der Waals surface area contributed by atoms with E-state index in [1.807, 2.05) is 4.90 Å². The maximum atomic E-state index is 13.1. The SMILES string of the molecule is OC1(c2ccc(F)cc2)C[C@H]2CN(c3cccc(C(F)(F)F)n3)C[C@H]2C1. The lowest BCUT2D eigenvalue weighted by molar-refractivity contribution is -0.141. The lowest BCUT2D eigenvalue weighted by atomic mass is 9.90. The third kappa shape index (κ3) is 3.05. The quantitative estimate of drug-likeness (QED) is 0.817. The van der Waals surface area contributed by atoms with Gasteiger partial charge in [-0.1, -0.05) is 18.2 Å². The minimum absolute atomic E-state index is 0.168. The summed E-state index contributed by atoms with van der Waals surface area (Å²) < 4.78 is 51.7. The first kappa shape index (κ1) is 17.3. The zero-order chi connectivity index (χ0) is 18.5. The highest BCUT2D eigenvalue weighted by Gasteiger charge is 2.49. The molecule has 0 radical (unpaired) electrons. The van der Waals surface area contributed by atoms with Gasteiger partial charge in [0.15, 0.2) is 0 Å². The van der Waals surface area contributed by atoms with E-state index in [1.165, 1.54) is 18.2 Å². The van der Waals surface area contributed by atoms with Gasteiger partial charge in [0.1, 0.15) is 17.3 Å². The van der Waals surface area contributed by atoms with Crippen LogP contribution in [0, 0.1) is 17.7 Å². The molecule has 2 aliphatic rings. The van der Waals surface area contributed by atoms with E-state index in [1.54, 1.807) is 18.2 Å². The molecule has 1 unspecified atom stereocenters. The third-order valence-corrected chi connectivity index (χ3v) is 5.51. The van der Waals surface area contributed by atoms with E-state index in [2.05, 4.69) is 4.98 Å². The van der Waals surface area contributed by atoms with E-state index in [0.717, 1.165) is 6.07 Å². The number of anilines is 1. The van der Waals surface area contributed by atoms with Crippen LogP contribution in [0.1, 0.15) is 24.1 Å². The van der Waals surface area contributed by atoms with Crippen LogP contribution in [0.5, 0.6) is 0 Å². The molecule has 1 saturated carbocycles. The van der Waals surface area contributed by atoms with Crippen molar-refractivity contribution < 1.29 is 22.7 Å². The van der Waals surface area contributed by atoms with Crippen molar-refractivity contribution in [2.45, 2.75) is 24.6 Å². The smallest absolute Gasteiger partial charge is 0.385 e. The number of nitrogens with zero attached hydrogens (tertiary/aromatic N) is 2. The zero-order valence-electron chi connectivity index (χ0n) is 13.9. The summed E-state index contributed by atoms with van der Waals surface area (Å²) in [6, 6.07) is 9.79. The summed E-state index contributed by atoms with van der Waals surface area (Å²) in [7, 11) is 0. The Labute approximate surface area is 148 Å². The van der Waals surface area contributed by atoms with Gasteiger partial charge in [-0.2, -0.15) is 13.2 Å². The van der Waals surface area contributed by atoms with Crippen molar-refractivity contribution in [3.05, 3.63) is 59.5 Å². The van der Waals surface area contributed by atoms with Crippen molar-refractivity contribution in [3.8, 4) is 0 Å². The molecule has 1 N–H and O–H groups in total. The summed E-state index contributed by atoms with van der Waals surface area (Å²) in [6.45, 7) is 1.12. The number of hydrogen-bond acceptors (Lipinski definition) is 3. The Morgan fingerprint density at radius 2 is 1.62 bits per heavy atom. The van der Waals surface area contributed by atoms with Crippen LogP contribution >= 0.6 is 0 Å². The number of pyridine rings is 1. The number of fused-ring (bicyclic) bond motifs is 1. The standard InChI is InChI=1S/C19H18F4N2O/c20-15-6-4-14(5-7-15)18(26)8-12-10-25(11-13(12)9-18)17-3-1-2-16(24-17)19(21,22)23/h1-7,12-13,26H,8-11H2/t12-,13+,18?. The number of benzene rings is 1. The second-order valence-electron chi connectivity index (χ2n) is 7.25. The van der Waals surface area contributed by atoms with E-state index in [9.17, 15) is 22.7 Å². The summed E-state index contributed by atoms with van der Waals surface area (Å²) in [5, 5.41) is 11.0. The predicted octanol–water partition coefficient (Wildman–Crippen LogP) is 3.97. The molecule has 3 atom stereocenters.